The van der Waals surface area contributed by atoms with Crippen molar-refractivity contribution >= 4 is 33.0 Å². The van der Waals surface area contributed by atoms with E-state index >= 15 is 0 Å². The van der Waals surface area contributed by atoms with Gasteiger partial charge in [0.15, 0.2) is 0 Å². The molecule has 1 aliphatic rings. The molecule has 1 fully saturated rings. The van der Waals surface area contributed by atoms with Crippen molar-refractivity contribution in [3.63, 3.8) is 0 Å². The van der Waals surface area contributed by atoms with Gasteiger partial charge in [-0.3, -0.25) is 4.90 Å². The van der Waals surface area contributed by atoms with Crippen LogP contribution in [0.3, 0.4) is 0 Å². The summed E-state index contributed by atoms with van der Waals surface area (Å²) in [5.74, 6) is 0. The van der Waals surface area contributed by atoms with Gasteiger partial charge in [-0.25, -0.2) is 8.42 Å². The second-order valence-corrected chi connectivity index (χ2v) is 9.57. The zero-order chi connectivity index (χ0) is 17.2. The maximum absolute atomic E-state index is 12.6. The minimum Gasteiger partial charge on any atom is -0.387 e. The van der Waals surface area contributed by atoms with E-state index in [0.717, 1.165) is 16.9 Å². The fraction of sp³-hybridized carbons (Fsp3) is 0.375. The normalized spacial score (nSPS) is 18.6. The summed E-state index contributed by atoms with van der Waals surface area (Å²) in [4.78, 5) is 2.09. The van der Waals surface area contributed by atoms with Gasteiger partial charge in [0.1, 0.15) is 4.21 Å². The molecule has 24 heavy (non-hydrogen) atoms. The lowest BCUT2D eigenvalue weighted by atomic mass is 10.1. The van der Waals surface area contributed by atoms with Crippen LogP contribution in [-0.2, 0) is 10.0 Å². The summed E-state index contributed by atoms with van der Waals surface area (Å²) in [6, 6.07) is 12.7. The lowest BCUT2D eigenvalue weighted by molar-refractivity contribution is 0.0921. The Bertz CT molecular complexity index is 772. The molecule has 1 aliphatic heterocycles. The highest BCUT2D eigenvalue weighted by Crippen LogP contribution is 2.28. The summed E-state index contributed by atoms with van der Waals surface area (Å²) in [6.45, 7) is 2.53. The van der Waals surface area contributed by atoms with Crippen LogP contribution in [0.15, 0.2) is 46.7 Å². The van der Waals surface area contributed by atoms with Crippen LogP contribution in [-0.4, -0.2) is 55.5 Å². The highest BCUT2D eigenvalue weighted by atomic mass is 35.5. The number of hydrogen-bond acceptors (Lipinski definition) is 5. The average molecular weight is 387 g/mol. The van der Waals surface area contributed by atoms with Gasteiger partial charge in [0.05, 0.1) is 10.4 Å². The number of aliphatic hydroxyl groups is 1. The van der Waals surface area contributed by atoms with Crippen molar-refractivity contribution in [2.75, 3.05) is 32.7 Å². The molecular weight excluding hydrogens is 368 g/mol. The molecule has 0 spiro atoms. The molecule has 8 heteroatoms. The molecule has 130 valence electrons. The Morgan fingerprint density at radius 2 is 1.75 bits per heavy atom. The second-order valence-electron chi connectivity index (χ2n) is 5.69. The van der Waals surface area contributed by atoms with Gasteiger partial charge in [-0.1, -0.05) is 41.9 Å². The third kappa shape index (κ3) is 3.99. The fourth-order valence-electron chi connectivity index (χ4n) is 2.74. The van der Waals surface area contributed by atoms with Crippen molar-refractivity contribution in [3.05, 3.63) is 52.4 Å². The number of aliphatic hydroxyl groups excluding tert-OH is 1. The molecule has 2 aromatic rings. The molecule has 1 aromatic carbocycles. The van der Waals surface area contributed by atoms with Gasteiger partial charge in [0, 0.05) is 32.7 Å². The predicted octanol–water partition coefficient (Wildman–Crippen LogP) is 2.44. The van der Waals surface area contributed by atoms with Crippen LogP contribution in [0.4, 0.5) is 0 Å². The Morgan fingerprint density at radius 3 is 2.33 bits per heavy atom. The van der Waals surface area contributed by atoms with Crippen LogP contribution in [0.5, 0.6) is 0 Å². The fourth-order valence-corrected chi connectivity index (χ4v) is 5.80. The Labute approximate surface area is 151 Å². The van der Waals surface area contributed by atoms with E-state index in [9.17, 15) is 13.5 Å². The molecule has 1 aromatic heterocycles. The number of sulfonamides is 1. The van der Waals surface area contributed by atoms with Crippen molar-refractivity contribution in [1.82, 2.24) is 9.21 Å². The van der Waals surface area contributed by atoms with Gasteiger partial charge >= 0.3 is 0 Å². The Morgan fingerprint density at radius 1 is 1.08 bits per heavy atom. The number of β-amino-alcohol motifs (C(OH)–C–C–N with tert-alkyl or cyclic N) is 1. The Balaban J connectivity index is 1.58. The molecule has 1 saturated heterocycles. The number of nitrogens with zero attached hydrogens (tertiary/aromatic N) is 2. The third-order valence-electron chi connectivity index (χ3n) is 4.09. The van der Waals surface area contributed by atoms with Gasteiger partial charge < -0.3 is 5.11 Å². The maximum atomic E-state index is 12.6. The van der Waals surface area contributed by atoms with Gasteiger partial charge in [-0.05, 0) is 17.7 Å². The van der Waals surface area contributed by atoms with Crippen molar-refractivity contribution in [2.24, 2.45) is 0 Å². The third-order valence-corrected chi connectivity index (χ3v) is 7.69. The molecule has 2 heterocycles. The largest absolute Gasteiger partial charge is 0.387 e. The average Bonchev–Trinajstić information content (AvgIpc) is 3.03. The molecule has 1 atom stereocenters. The first-order chi connectivity index (χ1) is 11.5. The number of rotatable bonds is 5. The molecule has 0 bridgehead atoms. The molecule has 0 radical (unpaired) electrons. The minimum absolute atomic E-state index is 0.283. The highest BCUT2D eigenvalue weighted by Gasteiger charge is 2.30. The van der Waals surface area contributed by atoms with Crippen molar-refractivity contribution in [1.29, 1.82) is 0 Å². The van der Waals surface area contributed by atoms with Crippen LogP contribution in [0.1, 0.15) is 11.7 Å². The van der Waals surface area contributed by atoms with Crippen LogP contribution in [0.2, 0.25) is 4.34 Å². The summed E-state index contributed by atoms with van der Waals surface area (Å²) in [5.41, 5.74) is 0.876. The predicted molar refractivity (Wildman–Crippen MR) is 95.9 cm³/mol. The van der Waals surface area contributed by atoms with Crippen molar-refractivity contribution in [2.45, 2.75) is 10.3 Å². The van der Waals surface area contributed by atoms with E-state index in [1.54, 1.807) is 12.1 Å². The first-order valence-electron chi connectivity index (χ1n) is 7.67. The van der Waals surface area contributed by atoms with E-state index in [4.69, 9.17) is 11.6 Å². The van der Waals surface area contributed by atoms with E-state index in [2.05, 4.69) is 4.90 Å². The SMILES string of the molecule is O=S(=O)(c1ccc(Cl)s1)N1CCN(C[C@@H](O)c2ccccc2)CC1. The highest BCUT2D eigenvalue weighted by molar-refractivity contribution is 7.91. The molecule has 5 nitrogen and oxygen atoms in total. The monoisotopic (exact) mass is 386 g/mol. The smallest absolute Gasteiger partial charge is 0.252 e. The van der Waals surface area contributed by atoms with Crippen LogP contribution in [0, 0.1) is 0 Å². The topological polar surface area (TPSA) is 60.9 Å². The molecule has 0 unspecified atom stereocenters. The van der Waals surface area contributed by atoms with E-state index in [1.807, 2.05) is 30.3 Å². The molecule has 0 amide bonds. The summed E-state index contributed by atoms with van der Waals surface area (Å²) < 4.78 is 27.4. The number of benzene rings is 1. The van der Waals surface area contributed by atoms with E-state index in [0.29, 0.717) is 37.1 Å². The molecular formula is C16H19ClN2O3S2. The maximum Gasteiger partial charge on any atom is 0.252 e. The zero-order valence-electron chi connectivity index (χ0n) is 13.0. The van der Waals surface area contributed by atoms with Gasteiger partial charge in [0.2, 0.25) is 0 Å². The lowest BCUT2D eigenvalue weighted by Crippen LogP contribution is -2.49. The van der Waals surface area contributed by atoms with Gasteiger partial charge in [-0.15, -0.1) is 11.3 Å². The van der Waals surface area contributed by atoms with Gasteiger partial charge in [-0.2, -0.15) is 4.31 Å². The quantitative estimate of drug-likeness (QED) is 0.857. The first-order valence-corrected chi connectivity index (χ1v) is 10.3. The summed E-state index contributed by atoms with van der Waals surface area (Å²) >= 11 is 6.92. The molecule has 3 rings (SSSR count). The lowest BCUT2D eigenvalue weighted by Gasteiger charge is -2.34. The van der Waals surface area contributed by atoms with Crippen molar-refractivity contribution in [3.8, 4) is 0 Å². The number of piperazine rings is 1. The zero-order valence-corrected chi connectivity index (χ0v) is 15.4. The number of halogens is 1. The molecule has 0 saturated carbocycles. The van der Waals surface area contributed by atoms with E-state index in [-0.39, 0.29) is 4.21 Å². The molecule has 1 N–H and O–H groups in total. The number of hydrogen-bond donors (Lipinski definition) is 1. The minimum atomic E-state index is -3.47. The summed E-state index contributed by atoms with van der Waals surface area (Å²) in [7, 11) is -3.47. The van der Waals surface area contributed by atoms with Gasteiger partial charge in [0.25, 0.3) is 10.0 Å². The molecule has 0 aliphatic carbocycles. The summed E-state index contributed by atoms with van der Waals surface area (Å²) in [5, 5.41) is 10.3. The summed E-state index contributed by atoms with van der Waals surface area (Å²) in [6.07, 6.45) is -0.564. The Kier molecular flexibility index (Phi) is 5.59. The van der Waals surface area contributed by atoms with Crippen molar-refractivity contribution < 1.29 is 13.5 Å². The van der Waals surface area contributed by atoms with Crippen LogP contribution in [0.25, 0.3) is 0 Å². The van der Waals surface area contributed by atoms with Crippen LogP contribution < -0.4 is 0 Å². The second kappa shape index (κ2) is 7.51. The van der Waals surface area contributed by atoms with E-state index in [1.165, 1.54) is 4.31 Å². The standard InChI is InChI=1S/C16H19ClN2O3S2/c17-15-6-7-16(23-15)24(21,22)19-10-8-18(9-11-19)12-14(20)13-4-2-1-3-5-13/h1-7,14,20H,8-12H2/t14-/m1/s1. The van der Waals surface area contributed by atoms with E-state index < -0.39 is 16.1 Å². The number of thiophene rings is 1. The first kappa shape index (κ1) is 17.8. The Hall–Kier alpha value is -0.960. The van der Waals surface area contributed by atoms with Crippen LogP contribution >= 0.6 is 22.9 Å².